The van der Waals surface area contributed by atoms with Crippen LogP contribution in [-0.4, -0.2) is 12.4 Å². The Hall–Kier alpha value is -0.420. The zero-order chi connectivity index (χ0) is 15.0. The number of rotatable bonds is 1. The monoisotopic (exact) mass is 302 g/mol. The zero-order valence-electron chi connectivity index (χ0n) is 11.3. The average molecular weight is 302 g/mol. The molecule has 0 bridgehead atoms. The topological polar surface area (TPSA) is 0 Å². The molecule has 2 saturated carbocycles. The number of halogens is 6. The molecule has 0 radical (unpaired) electrons. The Morgan fingerprint density at radius 3 is 1.75 bits per heavy atom. The molecule has 0 nitrogen and oxygen atoms in total. The van der Waals surface area contributed by atoms with Gasteiger partial charge in [-0.3, -0.25) is 0 Å². The van der Waals surface area contributed by atoms with Gasteiger partial charge in [-0.05, 0) is 31.6 Å². The number of hydrogen-bond acceptors (Lipinski definition) is 0. The fourth-order valence-corrected chi connectivity index (χ4v) is 4.33. The maximum absolute atomic E-state index is 13.7. The predicted octanol–water partition coefficient (Wildman–Crippen LogP) is 5.87. The van der Waals surface area contributed by atoms with Gasteiger partial charge in [0.1, 0.15) is 0 Å². The van der Waals surface area contributed by atoms with Crippen molar-refractivity contribution in [3.05, 3.63) is 0 Å². The number of hydrogen-bond donors (Lipinski definition) is 0. The minimum atomic E-state index is -4.77. The van der Waals surface area contributed by atoms with Gasteiger partial charge in [-0.15, -0.1) is 0 Å². The fraction of sp³-hybridized carbons (Fsp3) is 1.00. The Morgan fingerprint density at radius 2 is 1.25 bits per heavy atom. The molecule has 0 saturated heterocycles. The van der Waals surface area contributed by atoms with Gasteiger partial charge in [0, 0.05) is 0 Å². The molecule has 0 aliphatic heterocycles. The summed E-state index contributed by atoms with van der Waals surface area (Å²) in [7, 11) is 0. The van der Waals surface area contributed by atoms with Crippen LogP contribution < -0.4 is 0 Å². The quantitative estimate of drug-likeness (QED) is 0.531. The molecule has 0 aromatic heterocycles. The summed E-state index contributed by atoms with van der Waals surface area (Å²) < 4.78 is 80.6. The van der Waals surface area contributed by atoms with Crippen LogP contribution in [0.3, 0.4) is 0 Å². The Bertz CT molecular complexity index is 326. The van der Waals surface area contributed by atoms with Crippen LogP contribution in [0.15, 0.2) is 0 Å². The van der Waals surface area contributed by atoms with Crippen LogP contribution in [0.25, 0.3) is 0 Å². The normalized spacial score (nSPS) is 34.2. The molecule has 0 aromatic carbocycles. The highest BCUT2D eigenvalue weighted by Gasteiger charge is 2.68. The Morgan fingerprint density at radius 1 is 0.700 bits per heavy atom. The van der Waals surface area contributed by atoms with E-state index in [4.69, 9.17) is 0 Å². The van der Waals surface area contributed by atoms with Gasteiger partial charge in [0.2, 0.25) is 0 Å². The zero-order valence-corrected chi connectivity index (χ0v) is 11.3. The lowest BCUT2D eigenvalue weighted by Crippen LogP contribution is -2.56. The third-order valence-electron chi connectivity index (χ3n) is 5.21. The maximum Gasteiger partial charge on any atom is 0.395 e. The van der Waals surface area contributed by atoms with Crippen molar-refractivity contribution < 1.29 is 26.3 Å². The van der Waals surface area contributed by atoms with E-state index in [1.807, 2.05) is 0 Å². The second kappa shape index (κ2) is 5.41. The van der Waals surface area contributed by atoms with Gasteiger partial charge >= 0.3 is 12.4 Å². The first-order valence-corrected chi connectivity index (χ1v) is 7.33. The van der Waals surface area contributed by atoms with Crippen LogP contribution in [0.1, 0.15) is 57.8 Å². The third kappa shape index (κ3) is 2.67. The van der Waals surface area contributed by atoms with Crippen LogP contribution in [0.2, 0.25) is 0 Å². The van der Waals surface area contributed by atoms with E-state index < -0.39 is 29.6 Å². The lowest BCUT2D eigenvalue weighted by atomic mass is 9.56. The highest BCUT2D eigenvalue weighted by Crippen LogP contribution is 2.63. The summed E-state index contributed by atoms with van der Waals surface area (Å²) in [6.45, 7) is 0. The van der Waals surface area contributed by atoms with E-state index in [0.717, 1.165) is 6.42 Å². The first-order valence-electron chi connectivity index (χ1n) is 7.33. The molecule has 0 spiro atoms. The number of alkyl halides is 6. The van der Waals surface area contributed by atoms with Crippen molar-refractivity contribution in [2.45, 2.75) is 70.1 Å². The SMILES string of the molecule is FC(F)(F)C1CCCCC1(C1CCCCC1)C(F)(F)F. The second-order valence-corrected chi connectivity index (χ2v) is 6.21. The van der Waals surface area contributed by atoms with E-state index in [1.54, 1.807) is 0 Å². The molecule has 0 amide bonds. The van der Waals surface area contributed by atoms with Crippen LogP contribution in [-0.2, 0) is 0 Å². The van der Waals surface area contributed by atoms with Crippen LogP contribution >= 0.6 is 0 Å². The van der Waals surface area contributed by atoms with Gasteiger partial charge in [-0.2, -0.15) is 26.3 Å². The predicted molar refractivity (Wildman–Crippen MR) is 63.1 cm³/mol. The average Bonchev–Trinajstić information content (AvgIpc) is 2.37. The second-order valence-electron chi connectivity index (χ2n) is 6.21. The van der Waals surface area contributed by atoms with E-state index >= 15 is 0 Å². The van der Waals surface area contributed by atoms with Gasteiger partial charge in [-0.1, -0.05) is 32.1 Å². The van der Waals surface area contributed by atoms with Crippen molar-refractivity contribution in [2.24, 2.45) is 17.3 Å². The summed E-state index contributed by atoms with van der Waals surface area (Å²) >= 11 is 0. The van der Waals surface area contributed by atoms with Gasteiger partial charge in [0.25, 0.3) is 0 Å². The summed E-state index contributed by atoms with van der Waals surface area (Å²) in [6, 6.07) is 0. The summed E-state index contributed by atoms with van der Waals surface area (Å²) in [5, 5.41) is 0. The molecule has 2 rings (SSSR count). The van der Waals surface area contributed by atoms with Crippen molar-refractivity contribution in [1.82, 2.24) is 0 Å². The molecule has 6 heteroatoms. The standard InChI is InChI=1S/C14H20F6/c15-13(16,17)11-8-4-5-9-12(11,14(18,19)20)10-6-2-1-3-7-10/h10-11H,1-9H2. The van der Waals surface area contributed by atoms with E-state index in [1.165, 1.54) is 0 Å². The van der Waals surface area contributed by atoms with E-state index in [2.05, 4.69) is 0 Å². The summed E-state index contributed by atoms with van der Waals surface area (Å²) in [5.74, 6) is -3.07. The van der Waals surface area contributed by atoms with Gasteiger partial charge in [0.15, 0.2) is 0 Å². The highest BCUT2D eigenvalue weighted by molar-refractivity contribution is 5.02. The van der Waals surface area contributed by atoms with Crippen LogP contribution in [0.4, 0.5) is 26.3 Å². The summed E-state index contributed by atoms with van der Waals surface area (Å²) in [5.41, 5.74) is -2.54. The van der Waals surface area contributed by atoms with Crippen molar-refractivity contribution in [1.29, 1.82) is 0 Å². The van der Waals surface area contributed by atoms with E-state index in [0.29, 0.717) is 12.8 Å². The largest absolute Gasteiger partial charge is 0.395 e. The summed E-state index contributed by atoms with van der Waals surface area (Å²) in [6.07, 6.45) is -7.12. The lowest BCUT2D eigenvalue weighted by molar-refractivity contribution is -0.327. The Kier molecular flexibility index (Phi) is 4.32. The molecule has 20 heavy (non-hydrogen) atoms. The smallest absolute Gasteiger partial charge is 0.171 e. The van der Waals surface area contributed by atoms with Gasteiger partial charge < -0.3 is 0 Å². The fourth-order valence-electron chi connectivity index (χ4n) is 4.33. The first-order chi connectivity index (χ1) is 9.19. The van der Waals surface area contributed by atoms with Crippen molar-refractivity contribution in [2.75, 3.05) is 0 Å². The van der Waals surface area contributed by atoms with E-state index in [9.17, 15) is 26.3 Å². The Balaban J connectivity index is 2.42. The molecular weight excluding hydrogens is 282 g/mol. The Labute approximate surface area is 114 Å². The molecule has 0 N–H and O–H groups in total. The van der Waals surface area contributed by atoms with Crippen LogP contribution in [0.5, 0.6) is 0 Å². The molecule has 118 valence electrons. The van der Waals surface area contributed by atoms with Gasteiger partial charge in [0.05, 0.1) is 11.3 Å². The van der Waals surface area contributed by atoms with Crippen molar-refractivity contribution in [3.63, 3.8) is 0 Å². The first kappa shape index (κ1) is 16.0. The lowest BCUT2D eigenvalue weighted by Gasteiger charge is -2.51. The van der Waals surface area contributed by atoms with E-state index in [-0.39, 0.29) is 38.5 Å². The molecule has 2 aliphatic rings. The molecule has 0 heterocycles. The molecule has 0 aromatic rings. The van der Waals surface area contributed by atoms with Crippen molar-refractivity contribution in [3.8, 4) is 0 Å². The highest BCUT2D eigenvalue weighted by atomic mass is 19.4. The third-order valence-corrected chi connectivity index (χ3v) is 5.21. The molecule has 2 fully saturated rings. The van der Waals surface area contributed by atoms with Gasteiger partial charge in [-0.25, -0.2) is 0 Å². The van der Waals surface area contributed by atoms with Crippen LogP contribution in [0, 0.1) is 17.3 Å². The molecule has 2 aliphatic carbocycles. The van der Waals surface area contributed by atoms with Crippen molar-refractivity contribution >= 4 is 0 Å². The molecule has 2 unspecified atom stereocenters. The maximum atomic E-state index is 13.7. The minimum absolute atomic E-state index is 0.245. The molecular formula is C14H20F6. The molecule has 2 atom stereocenters. The summed E-state index contributed by atoms with van der Waals surface area (Å²) in [4.78, 5) is 0. The minimum Gasteiger partial charge on any atom is -0.171 e.